The second-order valence-electron chi connectivity index (χ2n) is 5.21. The van der Waals surface area contributed by atoms with Gasteiger partial charge in [0.05, 0.1) is 5.56 Å². The molecule has 100 valence electrons. The highest BCUT2D eigenvalue weighted by molar-refractivity contribution is 5.97. The van der Waals surface area contributed by atoms with Gasteiger partial charge < -0.3 is 15.4 Å². The summed E-state index contributed by atoms with van der Waals surface area (Å²) in [7, 11) is 4.00. The van der Waals surface area contributed by atoms with E-state index in [9.17, 15) is 0 Å². The van der Waals surface area contributed by atoms with Gasteiger partial charge in [-0.25, -0.2) is 4.98 Å². The van der Waals surface area contributed by atoms with Crippen LogP contribution in [0, 0.1) is 12.3 Å². The number of aryl methyl sites for hydroxylation is 1. The number of aromatic nitrogens is 1. The second-order valence-corrected chi connectivity index (χ2v) is 5.21. The monoisotopic (exact) mass is 250 g/mol. The Hall–Kier alpha value is -1.62. The molecular formula is C13H22N4O. The van der Waals surface area contributed by atoms with E-state index in [1.165, 1.54) is 0 Å². The highest BCUT2D eigenvalue weighted by atomic mass is 16.5. The van der Waals surface area contributed by atoms with Gasteiger partial charge in [0, 0.05) is 11.2 Å². The van der Waals surface area contributed by atoms with Crippen molar-refractivity contribution in [3.05, 3.63) is 23.4 Å². The van der Waals surface area contributed by atoms with Crippen molar-refractivity contribution >= 4 is 5.84 Å². The van der Waals surface area contributed by atoms with Crippen LogP contribution in [0.1, 0.15) is 25.1 Å². The number of hydrogen-bond donors (Lipinski definition) is 2. The maximum Gasteiger partial charge on any atom is 0.224 e. The zero-order valence-electron chi connectivity index (χ0n) is 11.7. The van der Waals surface area contributed by atoms with Crippen LogP contribution in [0.3, 0.4) is 0 Å². The van der Waals surface area contributed by atoms with Crippen LogP contribution >= 0.6 is 0 Å². The summed E-state index contributed by atoms with van der Waals surface area (Å²) >= 11 is 0. The summed E-state index contributed by atoms with van der Waals surface area (Å²) in [5, 5.41) is 7.51. The molecule has 5 nitrogen and oxygen atoms in total. The fraction of sp³-hybridized carbons (Fsp3) is 0.538. The molecule has 0 radical (unpaired) electrons. The Morgan fingerprint density at radius 2 is 2.06 bits per heavy atom. The van der Waals surface area contributed by atoms with Gasteiger partial charge in [0.2, 0.25) is 5.88 Å². The second kappa shape index (κ2) is 5.35. The normalized spacial score (nSPS) is 11.7. The SMILES string of the molecule is Cc1ccc(C(=N)N)c(OCC(C)(C)N(C)C)n1. The van der Waals surface area contributed by atoms with Crippen LogP contribution in [-0.2, 0) is 0 Å². The van der Waals surface area contributed by atoms with Gasteiger partial charge in [-0.05, 0) is 47.0 Å². The first-order valence-corrected chi connectivity index (χ1v) is 5.86. The van der Waals surface area contributed by atoms with Gasteiger partial charge in [0.25, 0.3) is 0 Å². The molecule has 0 bridgehead atoms. The Kier molecular flexibility index (Phi) is 4.29. The Morgan fingerprint density at radius 1 is 1.44 bits per heavy atom. The molecule has 3 N–H and O–H groups in total. The molecule has 0 saturated heterocycles. The molecule has 1 aromatic heterocycles. The molecule has 0 atom stereocenters. The van der Waals surface area contributed by atoms with Gasteiger partial charge in [0.15, 0.2) is 0 Å². The Balaban J connectivity index is 2.90. The van der Waals surface area contributed by atoms with Crippen molar-refractivity contribution in [3.8, 4) is 5.88 Å². The van der Waals surface area contributed by atoms with Crippen LogP contribution in [0.15, 0.2) is 12.1 Å². The number of likely N-dealkylation sites (N-methyl/N-ethyl adjacent to an activating group) is 1. The molecule has 0 amide bonds. The molecule has 1 heterocycles. The largest absolute Gasteiger partial charge is 0.475 e. The molecule has 0 aliphatic heterocycles. The van der Waals surface area contributed by atoms with Gasteiger partial charge in [0.1, 0.15) is 12.4 Å². The van der Waals surface area contributed by atoms with E-state index in [4.69, 9.17) is 15.9 Å². The lowest BCUT2D eigenvalue weighted by molar-refractivity contribution is 0.111. The van der Waals surface area contributed by atoms with E-state index in [-0.39, 0.29) is 11.4 Å². The van der Waals surface area contributed by atoms with Crippen molar-refractivity contribution in [2.45, 2.75) is 26.3 Å². The van der Waals surface area contributed by atoms with Crippen LogP contribution < -0.4 is 10.5 Å². The molecule has 0 aliphatic rings. The summed E-state index contributed by atoms with van der Waals surface area (Å²) in [6, 6.07) is 3.59. The molecule has 5 heteroatoms. The lowest BCUT2D eigenvalue weighted by atomic mass is 10.1. The first-order valence-electron chi connectivity index (χ1n) is 5.86. The quantitative estimate of drug-likeness (QED) is 0.611. The minimum atomic E-state index is -0.112. The molecule has 1 rings (SSSR count). The number of pyridine rings is 1. The number of nitrogens with two attached hydrogens (primary N) is 1. The predicted molar refractivity (Wildman–Crippen MR) is 73.3 cm³/mol. The Labute approximate surface area is 108 Å². The number of nitrogens with zero attached hydrogens (tertiary/aromatic N) is 2. The van der Waals surface area contributed by atoms with Gasteiger partial charge in [-0.3, -0.25) is 5.41 Å². The molecule has 0 saturated carbocycles. The number of amidine groups is 1. The van der Waals surface area contributed by atoms with Gasteiger partial charge >= 0.3 is 0 Å². The third-order valence-corrected chi connectivity index (χ3v) is 3.06. The summed E-state index contributed by atoms with van der Waals surface area (Å²) in [4.78, 5) is 6.37. The van der Waals surface area contributed by atoms with Crippen LogP contribution in [-0.4, -0.2) is 42.0 Å². The van der Waals surface area contributed by atoms with E-state index in [0.29, 0.717) is 18.1 Å². The Morgan fingerprint density at radius 3 is 2.56 bits per heavy atom. The number of nitrogens with one attached hydrogen (secondary N) is 1. The topological polar surface area (TPSA) is 75.2 Å². The minimum absolute atomic E-state index is 0.0276. The lowest BCUT2D eigenvalue weighted by Gasteiger charge is -2.32. The molecule has 0 aromatic carbocycles. The molecule has 0 fully saturated rings. The number of ether oxygens (including phenoxy) is 1. The van der Waals surface area contributed by atoms with Gasteiger partial charge in [-0.15, -0.1) is 0 Å². The molecule has 0 spiro atoms. The van der Waals surface area contributed by atoms with E-state index >= 15 is 0 Å². The van der Waals surface area contributed by atoms with E-state index < -0.39 is 0 Å². The maximum atomic E-state index is 7.51. The maximum absolute atomic E-state index is 7.51. The summed E-state index contributed by atoms with van der Waals surface area (Å²) in [6.07, 6.45) is 0. The lowest BCUT2D eigenvalue weighted by Crippen LogP contribution is -2.43. The minimum Gasteiger partial charge on any atom is -0.475 e. The third kappa shape index (κ3) is 3.43. The van der Waals surface area contributed by atoms with Crippen molar-refractivity contribution in [1.29, 1.82) is 5.41 Å². The third-order valence-electron chi connectivity index (χ3n) is 3.06. The number of hydrogen-bond acceptors (Lipinski definition) is 4. The van der Waals surface area contributed by atoms with E-state index in [0.717, 1.165) is 5.69 Å². The Bertz CT molecular complexity index is 441. The van der Waals surface area contributed by atoms with Crippen molar-refractivity contribution in [2.75, 3.05) is 20.7 Å². The van der Waals surface area contributed by atoms with Gasteiger partial charge in [-0.1, -0.05) is 0 Å². The van der Waals surface area contributed by atoms with Crippen molar-refractivity contribution in [1.82, 2.24) is 9.88 Å². The van der Waals surface area contributed by atoms with Crippen molar-refractivity contribution in [2.24, 2.45) is 5.73 Å². The molecule has 0 aliphatic carbocycles. The van der Waals surface area contributed by atoms with Crippen LogP contribution in [0.4, 0.5) is 0 Å². The summed E-state index contributed by atoms with van der Waals surface area (Å²) in [5.41, 5.74) is 6.79. The van der Waals surface area contributed by atoms with Crippen LogP contribution in [0.2, 0.25) is 0 Å². The standard InChI is InChI=1S/C13H22N4O/c1-9-6-7-10(11(14)15)12(16-9)18-8-13(2,3)17(4)5/h6-7H,8H2,1-5H3,(H3,14,15). The fourth-order valence-corrected chi connectivity index (χ4v) is 1.22. The zero-order chi connectivity index (χ0) is 13.9. The predicted octanol–water partition coefficient (Wildman–Crippen LogP) is 1.39. The highest BCUT2D eigenvalue weighted by Gasteiger charge is 2.22. The first-order chi connectivity index (χ1) is 8.24. The van der Waals surface area contributed by atoms with E-state index in [2.05, 4.69) is 23.7 Å². The van der Waals surface area contributed by atoms with Crippen molar-refractivity contribution < 1.29 is 4.74 Å². The molecular weight excluding hydrogens is 228 g/mol. The van der Waals surface area contributed by atoms with E-state index in [1.807, 2.05) is 27.1 Å². The molecule has 0 unspecified atom stereocenters. The zero-order valence-corrected chi connectivity index (χ0v) is 11.7. The average molecular weight is 250 g/mol. The number of nitrogen functional groups attached to an aromatic ring is 1. The average Bonchev–Trinajstić information content (AvgIpc) is 2.26. The van der Waals surface area contributed by atoms with Gasteiger partial charge in [-0.2, -0.15) is 0 Å². The molecule has 1 aromatic rings. The first kappa shape index (κ1) is 14.4. The number of rotatable bonds is 5. The van der Waals surface area contributed by atoms with Crippen molar-refractivity contribution in [3.63, 3.8) is 0 Å². The highest BCUT2D eigenvalue weighted by Crippen LogP contribution is 2.18. The molecule has 18 heavy (non-hydrogen) atoms. The summed E-state index contributed by atoms with van der Waals surface area (Å²) < 4.78 is 5.73. The summed E-state index contributed by atoms with van der Waals surface area (Å²) in [5.74, 6) is 0.401. The smallest absolute Gasteiger partial charge is 0.224 e. The van der Waals surface area contributed by atoms with Crippen LogP contribution in [0.5, 0.6) is 5.88 Å². The van der Waals surface area contributed by atoms with E-state index in [1.54, 1.807) is 6.07 Å². The summed E-state index contributed by atoms with van der Waals surface area (Å²) in [6.45, 7) is 6.52. The van der Waals surface area contributed by atoms with Crippen LogP contribution in [0.25, 0.3) is 0 Å². The fourth-order valence-electron chi connectivity index (χ4n) is 1.22.